The van der Waals surface area contributed by atoms with Crippen molar-refractivity contribution < 1.29 is 28.6 Å². The van der Waals surface area contributed by atoms with Gasteiger partial charge in [0.2, 0.25) is 0 Å². The molecule has 0 amide bonds. The Morgan fingerprint density at radius 1 is 0.720 bits per heavy atom. The normalized spacial score (nSPS) is 10.8. The summed E-state index contributed by atoms with van der Waals surface area (Å²) in [4.78, 5) is 45.5. The van der Waals surface area contributed by atoms with Crippen LogP contribution >= 0.6 is 37.9 Å². The van der Waals surface area contributed by atoms with Gasteiger partial charge in [0.1, 0.15) is 19.8 Å². The van der Waals surface area contributed by atoms with Crippen molar-refractivity contribution in [2.45, 2.75) is 19.3 Å². The molecule has 25 heavy (non-hydrogen) atoms. The SMILES string of the molecule is O=NCC(COC(=O)CCS)(COC(=O)CCS)COC(=O)CCS. The predicted molar refractivity (Wildman–Crippen MR) is 101 cm³/mol. The highest BCUT2D eigenvalue weighted by Crippen LogP contribution is 2.22. The molecule has 0 heterocycles. The minimum absolute atomic E-state index is 0.0760. The van der Waals surface area contributed by atoms with Crippen molar-refractivity contribution in [3.8, 4) is 0 Å². The lowest BCUT2D eigenvalue weighted by molar-refractivity contribution is -0.160. The second-order valence-corrected chi connectivity index (χ2v) is 6.53. The van der Waals surface area contributed by atoms with Crippen LogP contribution in [0.2, 0.25) is 0 Å². The van der Waals surface area contributed by atoms with E-state index in [9.17, 15) is 19.3 Å². The van der Waals surface area contributed by atoms with E-state index in [0.29, 0.717) is 17.3 Å². The van der Waals surface area contributed by atoms with Gasteiger partial charge in [-0.15, -0.1) is 0 Å². The van der Waals surface area contributed by atoms with Crippen LogP contribution in [0, 0.1) is 10.3 Å². The van der Waals surface area contributed by atoms with Crippen LogP contribution in [0.4, 0.5) is 0 Å². The zero-order valence-electron chi connectivity index (χ0n) is 13.7. The van der Waals surface area contributed by atoms with Crippen LogP contribution in [0.15, 0.2) is 5.18 Å². The van der Waals surface area contributed by atoms with Gasteiger partial charge < -0.3 is 14.2 Å². The Hall–Kier alpha value is -0.940. The molecule has 0 aromatic heterocycles. The Bertz CT molecular complexity index is 393. The van der Waals surface area contributed by atoms with E-state index in [1.807, 2.05) is 0 Å². The second-order valence-electron chi connectivity index (χ2n) is 5.19. The highest BCUT2D eigenvalue weighted by molar-refractivity contribution is 7.80. The van der Waals surface area contributed by atoms with Crippen molar-refractivity contribution in [1.29, 1.82) is 0 Å². The maximum atomic E-state index is 11.6. The van der Waals surface area contributed by atoms with Crippen molar-refractivity contribution in [2.75, 3.05) is 43.6 Å². The van der Waals surface area contributed by atoms with E-state index in [1.165, 1.54) is 0 Å². The zero-order valence-corrected chi connectivity index (χ0v) is 16.4. The average Bonchev–Trinajstić information content (AvgIpc) is 2.57. The summed E-state index contributed by atoms with van der Waals surface area (Å²) in [5.41, 5.74) is -1.24. The smallest absolute Gasteiger partial charge is 0.306 e. The van der Waals surface area contributed by atoms with E-state index in [-0.39, 0.29) is 45.6 Å². The van der Waals surface area contributed by atoms with Gasteiger partial charge in [-0.25, -0.2) is 0 Å². The van der Waals surface area contributed by atoms with E-state index in [2.05, 4.69) is 43.1 Å². The largest absolute Gasteiger partial charge is 0.465 e. The van der Waals surface area contributed by atoms with Crippen LogP contribution < -0.4 is 0 Å². The number of rotatable bonds is 14. The van der Waals surface area contributed by atoms with Gasteiger partial charge in [0.05, 0.1) is 31.2 Å². The van der Waals surface area contributed by atoms with Gasteiger partial charge in [-0.1, -0.05) is 5.18 Å². The first kappa shape index (κ1) is 24.1. The molecule has 0 atom stereocenters. The van der Waals surface area contributed by atoms with Crippen LogP contribution in [0.1, 0.15) is 19.3 Å². The molecule has 11 heteroatoms. The van der Waals surface area contributed by atoms with E-state index >= 15 is 0 Å². The van der Waals surface area contributed by atoms with E-state index < -0.39 is 23.3 Å². The van der Waals surface area contributed by atoms with E-state index in [1.54, 1.807) is 0 Å². The molecule has 0 fully saturated rings. The van der Waals surface area contributed by atoms with Crippen LogP contribution in [-0.4, -0.2) is 61.5 Å². The van der Waals surface area contributed by atoms with Gasteiger partial charge in [-0.3, -0.25) is 14.4 Å². The summed E-state index contributed by atoms with van der Waals surface area (Å²) in [5, 5.41) is 2.81. The molecule has 0 bridgehead atoms. The minimum Gasteiger partial charge on any atom is -0.465 e. The molecule has 0 saturated heterocycles. The Kier molecular flexibility index (Phi) is 13.7. The lowest BCUT2D eigenvalue weighted by Gasteiger charge is -2.29. The third-order valence-corrected chi connectivity index (χ3v) is 3.64. The maximum Gasteiger partial charge on any atom is 0.306 e. The maximum absolute atomic E-state index is 11.6. The number of ether oxygens (including phenoxy) is 3. The molecule has 0 unspecified atom stereocenters. The minimum atomic E-state index is -1.24. The van der Waals surface area contributed by atoms with Gasteiger partial charge >= 0.3 is 17.9 Å². The molecule has 0 N–H and O–H groups in total. The van der Waals surface area contributed by atoms with Crippen molar-refractivity contribution in [2.24, 2.45) is 10.6 Å². The summed E-state index contributed by atoms with van der Waals surface area (Å²) >= 11 is 11.8. The highest BCUT2D eigenvalue weighted by Gasteiger charge is 2.36. The Balaban J connectivity index is 5.01. The number of nitrogens with zero attached hydrogens (tertiary/aromatic N) is 1. The highest BCUT2D eigenvalue weighted by atomic mass is 32.1. The van der Waals surface area contributed by atoms with Crippen molar-refractivity contribution in [3.63, 3.8) is 0 Å². The summed E-state index contributed by atoms with van der Waals surface area (Å²) in [5.74, 6) is -0.709. The summed E-state index contributed by atoms with van der Waals surface area (Å²) in [6.45, 7) is -1.21. The fourth-order valence-corrected chi connectivity index (χ4v) is 2.14. The standard InChI is InChI=1S/C14H23NO7S3/c16-11(1-4-23)20-8-14(7-15-19,9-21-12(17)2-5-24)10-22-13(18)3-6-25/h23-25H,1-10H2. The first-order chi connectivity index (χ1) is 11.9. The third kappa shape index (κ3) is 11.3. The number of hydrogen-bond acceptors (Lipinski definition) is 11. The quantitative estimate of drug-likeness (QED) is 0.171. The molecule has 0 radical (unpaired) electrons. The number of carbonyl (C=O) groups excluding carboxylic acids is 3. The predicted octanol–water partition coefficient (Wildman–Crippen LogP) is 1.33. The molecule has 8 nitrogen and oxygen atoms in total. The molecule has 0 aromatic carbocycles. The van der Waals surface area contributed by atoms with Crippen molar-refractivity contribution in [3.05, 3.63) is 4.91 Å². The molecular formula is C14H23NO7S3. The summed E-state index contributed by atoms with van der Waals surface area (Å²) < 4.78 is 15.3. The number of thiol groups is 3. The molecular weight excluding hydrogens is 390 g/mol. The van der Waals surface area contributed by atoms with E-state index in [0.717, 1.165) is 0 Å². The van der Waals surface area contributed by atoms with Gasteiger partial charge in [0.15, 0.2) is 0 Å². The van der Waals surface area contributed by atoms with Gasteiger partial charge in [0.25, 0.3) is 0 Å². The molecule has 0 aliphatic heterocycles. The topological polar surface area (TPSA) is 108 Å². The molecule has 0 rings (SSSR count). The van der Waals surface area contributed by atoms with Crippen LogP contribution in [0.3, 0.4) is 0 Å². The lowest BCUT2D eigenvalue weighted by atomic mass is 9.91. The summed E-state index contributed by atoms with van der Waals surface area (Å²) in [6, 6.07) is 0. The zero-order chi connectivity index (χ0) is 19.1. The fraction of sp³-hybridized carbons (Fsp3) is 0.786. The van der Waals surface area contributed by atoms with Crippen molar-refractivity contribution in [1.82, 2.24) is 0 Å². The Morgan fingerprint density at radius 3 is 1.28 bits per heavy atom. The Labute approximate surface area is 162 Å². The molecule has 0 aliphatic rings. The average molecular weight is 414 g/mol. The molecule has 0 saturated carbocycles. The molecule has 0 spiro atoms. The monoisotopic (exact) mass is 413 g/mol. The molecule has 0 aliphatic carbocycles. The molecule has 144 valence electrons. The Morgan fingerprint density at radius 2 is 1.04 bits per heavy atom. The number of carbonyl (C=O) groups is 3. The van der Waals surface area contributed by atoms with Crippen LogP contribution in [0.25, 0.3) is 0 Å². The summed E-state index contributed by atoms with van der Waals surface area (Å²) in [7, 11) is 0. The second kappa shape index (κ2) is 14.3. The van der Waals surface area contributed by atoms with E-state index in [4.69, 9.17) is 14.2 Å². The van der Waals surface area contributed by atoms with Crippen molar-refractivity contribution >= 4 is 55.8 Å². The summed E-state index contributed by atoms with van der Waals surface area (Å²) in [6.07, 6.45) is 0.228. The van der Waals surface area contributed by atoms with Gasteiger partial charge in [0, 0.05) is 17.3 Å². The first-order valence-corrected chi connectivity index (χ1v) is 9.41. The third-order valence-electron chi connectivity index (χ3n) is 2.97. The van der Waals surface area contributed by atoms with Crippen LogP contribution in [0.5, 0.6) is 0 Å². The van der Waals surface area contributed by atoms with Crippen LogP contribution in [-0.2, 0) is 28.6 Å². The lowest BCUT2D eigenvalue weighted by Crippen LogP contribution is -2.42. The molecule has 0 aromatic rings. The number of nitroso groups, excluding NO2 is 1. The van der Waals surface area contributed by atoms with Gasteiger partial charge in [-0.05, 0) is 0 Å². The first-order valence-electron chi connectivity index (χ1n) is 7.51. The number of hydrogen-bond donors (Lipinski definition) is 3. The number of esters is 3. The fourth-order valence-electron chi connectivity index (χ4n) is 1.59. The van der Waals surface area contributed by atoms with Gasteiger partial charge in [-0.2, -0.15) is 42.8 Å².